The van der Waals surface area contributed by atoms with Crippen LogP contribution in [-0.2, 0) is 27.5 Å². The predicted octanol–water partition coefficient (Wildman–Crippen LogP) is 3.03. The van der Waals surface area contributed by atoms with E-state index in [9.17, 15) is 26.4 Å². The molecule has 34 heavy (non-hydrogen) atoms. The fourth-order valence-electron chi connectivity index (χ4n) is 4.29. The van der Waals surface area contributed by atoms with Crippen molar-refractivity contribution in [1.29, 1.82) is 0 Å². The highest BCUT2D eigenvalue weighted by Crippen LogP contribution is 2.37. The Hall–Kier alpha value is -2.50. The monoisotopic (exact) mass is 496 g/mol. The zero-order valence-corrected chi connectivity index (χ0v) is 19.4. The Kier molecular flexibility index (Phi) is 7.25. The summed E-state index contributed by atoms with van der Waals surface area (Å²) in [6.45, 7) is 1.33. The normalized spacial score (nSPS) is 19.4. The minimum Gasteiger partial charge on any atom is -0.340 e. The van der Waals surface area contributed by atoms with E-state index in [0.717, 1.165) is 17.7 Å². The number of benzene rings is 1. The number of piperidine rings is 1. The number of rotatable bonds is 8. The van der Waals surface area contributed by atoms with Crippen molar-refractivity contribution in [3.8, 4) is 0 Å². The van der Waals surface area contributed by atoms with E-state index in [1.54, 1.807) is 17.3 Å². The number of carbonyl (C=O) groups is 1. The minimum absolute atomic E-state index is 0.103. The van der Waals surface area contributed by atoms with Crippen LogP contribution >= 0.6 is 0 Å². The summed E-state index contributed by atoms with van der Waals surface area (Å²) in [6, 6.07) is 6.86. The maximum atomic E-state index is 13.4. The molecule has 1 saturated heterocycles. The third kappa shape index (κ3) is 5.76. The molecule has 7 nitrogen and oxygen atoms in total. The molecular formula is C23H27F3N4O3S. The Morgan fingerprint density at radius 2 is 1.94 bits per heavy atom. The molecule has 0 spiro atoms. The Balaban J connectivity index is 1.45. The zero-order valence-electron chi connectivity index (χ0n) is 18.5. The highest BCUT2D eigenvalue weighted by atomic mass is 32.2. The van der Waals surface area contributed by atoms with Crippen molar-refractivity contribution >= 4 is 15.9 Å². The van der Waals surface area contributed by atoms with Gasteiger partial charge in [0.15, 0.2) is 0 Å². The van der Waals surface area contributed by atoms with Gasteiger partial charge in [-0.3, -0.25) is 9.78 Å². The highest BCUT2D eigenvalue weighted by Gasteiger charge is 2.44. The summed E-state index contributed by atoms with van der Waals surface area (Å²) >= 11 is 0. The van der Waals surface area contributed by atoms with Gasteiger partial charge >= 0.3 is 6.18 Å². The van der Waals surface area contributed by atoms with Crippen LogP contribution in [0.3, 0.4) is 0 Å². The van der Waals surface area contributed by atoms with Gasteiger partial charge in [-0.25, -0.2) is 8.42 Å². The summed E-state index contributed by atoms with van der Waals surface area (Å²) in [5.41, 5.74) is -0.0524. The molecule has 1 aliphatic carbocycles. The first-order valence-electron chi connectivity index (χ1n) is 11.2. The second kappa shape index (κ2) is 10.0. The van der Waals surface area contributed by atoms with E-state index in [2.05, 4.69) is 10.3 Å². The summed E-state index contributed by atoms with van der Waals surface area (Å²) in [4.78, 5) is 18.1. The number of hydrogen-bond acceptors (Lipinski definition) is 5. The molecule has 2 heterocycles. The van der Waals surface area contributed by atoms with Gasteiger partial charge in [-0.1, -0.05) is 12.1 Å². The second-order valence-electron chi connectivity index (χ2n) is 8.69. The van der Waals surface area contributed by atoms with Crippen LogP contribution in [-0.4, -0.2) is 60.2 Å². The van der Waals surface area contributed by atoms with Gasteiger partial charge in [0.1, 0.15) is 0 Å². The first-order valence-corrected chi connectivity index (χ1v) is 12.7. The van der Waals surface area contributed by atoms with E-state index in [0.29, 0.717) is 44.8 Å². The van der Waals surface area contributed by atoms with Crippen LogP contribution in [0.15, 0.2) is 53.7 Å². The number of nitrogens with one attached hydrogen (secondary N) is 1. The molecule has 1 atom stereocenters. The second-order valence-corrected chi connectivity index (χ2v) is 10.5. The van der Waals surface area contributed by atoms with Crippen molar-refractivity contribution in [2.24, 2.45) is 0 Å². The summed E-state index contributed by atoms with van der Waals surface area (Å²) < 4.78 is 67.7. The third-order valence-electron chi connectivity index (χ3n) is 6.08. The number of nitrogens with zero attached hydrogens (tertiary/aromatic N) is 3. The lowest BCUT2D eigenvalue weighted by molar-refractivity contribution is -0.137. The van der Waals surface area contributed by atoms with Crippen molar-refractivity contribution < 1.29 is 26.4 Å². The van der Waals surface area contributed by atoms with E-state index in [-0.39, 0.29) is 29.9 Å². The first-order chi connectivity index (χ1) is 16.2. The molecule has 0 radical (unpaired) electrons. The predicted molar refractivity (Wildman–Crippen MR) is 119 cm³/mol. The fraction of sp³-hybridized carbons (Fsp3) is 0.478. The lowest BCUT2D eigenvalue weighted by Crippen LogP contribution is -2.53. The number of sulfonamides is 1. The van der Waals surface area contributed by atoms with Gasteiger partial charge in [-0.15, -0.1) is 0 Å². The smallest absolute Gasteiger partial charge is 0.340 e. The average Bonchev–Trinajstić information content (AvgIpc) is 3.64. The number of halogens is 3. The number of hydrogen-bond donors (Lipinski definition) is 1. The first kappa shape index (κ1) is 24.6. The van der Waals surface area contributed by atoms with E-state index in [4.69, 9.17) is 0 Å². The molecule has 11 heteroatoms. The number of carbonyl (C=O) groups excluding carboxylic acids is 1. The summed E-state index contributed by atoms with van der Waals surface area (Å²) in [6.07, 6.45) is 1.25. The van der Waals surface area contributed by atoms with E-state index in [1.165, 1.54) is 10.4 Å². The lowest BCUT2D eigenvalue weighted by atomic mass is 10.1. The molecule has 1 N–H and O–H groups in total. The molecular weight excluding hydrogens is 469 g/mol. The van der Waals surface area contributed by atoms with Crippen LogP contribution in [0.4, 0.5) is 13.2 Å². The largest absolute Gasteiger partial charge is 0.416 e. The number of amides is 1. The molecule has 1 aromatic heterocycles. The van der Waals surface area contributed by atoms with Crippen LogP contribution in [0, 0.1) is 0 Å². The van der Waals surface area contributed by atoms with E-state index in [1.807, 2.05) is 12.1 Å². The van der Waals surface area contributed by atoms with Crippen LogP contribution < -0.4 is 5.32 Å². The third-order valence-corrected chi connectivity index (χ3v) is 8.08. The number of pyridine rings is 1. The summed E-state index contributed by atoms with van der Waals surface area (Å²) in [5, 5.41) is 3.08. The van der Waals surface area contributed by atoms with Crippen molar-refractivity contribution in [3.05, 3.63) is 59.9 Å². The molecule has 4 rings (SSSR count). The van der Waals surface area contributed by atoms with Gasteiger partial charge in [0.25, 0.3) is 0 Å². The zero-order chi connectivity index (χ0) is 24.3. The molecule has 0 bridgehead atoms. The number of alkyl halides is 3. The Labute approximate surface area is 197 Å². The summed E-state index contributed by atoms with van der Waals surface area (Å²) in [7, 11) is -4.15. The molecule has 2 fully saturated rings. The van der Waals surface area contributed by atoms with Gasteiger partial charge < -0.3 is 10.2 Å². The lowest BCUT2D eigenvalue weighted by Gasteiger charge is -2.39. The molecule has 2 aliphatic rings. The SMILES string of the molecule is O=C(CNCc1cccnc1)N1CCCC(N(C2CC2)S(=O)(=O)c2cccc(C(F)(F)F)c2)C1. The number of likely N-dealkylation sites (tertiary alicyclic amines) is 1. The molecule has 1 saturated carbocycles. The quantitative estimate of drug-likeness (QED) is 0.608. The van der Waals surface area contributed by atoms with Gasteiger partial charge in [0.2, 0.25) is 15.9 Å². The van der Waals surface area contributed by atoms with Crippen LogP contribution in [0.2, 0.25) is 0 Å². The van der Waals surface area contributed by atoms with Gasteiger partial charge in [0, 0.05) is 44.1 Å². The van der Waals surface area contributed by atoms with Gasteiger partial charge in [0.05, 0.1) is 17.0 Å². The van der Waals surface area contributed by atoms with Crippen molar-refractivity contribution in [1.82, 2.24) is 19.5 Å². The summed E-state index contributed by atoms with van der Waals surface area (Å²) in [5.74, 6) is -0.138. The molecule has 1 aromatic carbocycles. The van der Waals surface area contributed by atoms with Crippen molar-refractivity contribution in [3.63, 3.8) is 0 Å². The maximum absolute atomic E-state index is 13.4. The standard InChI is InChI=1S/C23H27F3N4O3S/c24-23(25,26)18-5-1-7-21(12-18)34(32,33)30(19-8-9-19)20-6-3-11-29(16-20)22(31)15-28-14-17-4-2-10-27-13-17/h1-2,4-5,7,10,12-13,19-20,28H,3,6,8-9,11,14-16H2. The Morgan fingerprint density at radius 1 is 1.15 bits per heavy atom. The highest BCUT2D eigenvalue weighted by molar-refractivity contribution is 7.89. The van der Waals surface area contributed by atoms with Crippen molar-refractivity contribution in [2.75, 3.05) is 19.6 Å². The maximum Gasteiger partial charge on any atom is 0.416 e. The minimum atomic E-state index is -4.63. The fourth-order valence-corrected chi connectivity index (χ4v) is 6.23. The number of aromatic nitrogens is 1. The van der Waals surface area contributed by atoms with E-state index < -0.39 is 27.8 Å². The molecule has 2 aromatic rings. The van der Waals surface area contributed by atoms with Crippen LogP contribution in [0.1, 0.15) is 36.8 Å². The molecule has 1 aliphatic heterocycles. The van der Waals surface area contributed by atoms with Crippen LogP contribution in [0.5, 0.6) is 0 Å². The Bertz CT molecular complexity index is 1110. The molecule has 1 unspecified atom stereocenters. The molecule has 184 valence electrons. The van der Waals surface area contributed by atoms with Crippen LogP contribution in [0.25, 0.3) is 0 Å². The Morgan fingerprint density at radius 3 is 2.62 bits per heavy atom. The van der Waals surface area contributed by atoms with Crippen molar-refractivity contribution in [2.45, 2.75) is 55.4 Å². The topological polar surface area (TPSA) is 82.6 Å². The van der Waals surface area contributed by atoms with E-state index >= 15 is 0 Å². The average molecular weight is 497 g/mol. The van der Waals surface area contributed by atoms with Gasteiger partial charge in [-0.05, 0) is 55.5 Å². The molecule has 1 amide bonds. The van der Waals surface area contributed by atoms with Gasteiger partial charge in [-0.2, -0.15) is 17.5 Å².